The molecule has 0 aliphatic carbocycles. The fourth-order valence-corrected chi connectivity index (χ4v) is 4.89. The molecule has 1 aromatic carbocycles. The Hall–Kier alpha value is -4.38. The monoisotopic (exact) mass is 487 g/mol. The third kappa shape index (κ3) is 3.39. The average molecular weight is 488 g/mol. The van der Waals surface area contributed by atoms with Crippen molar-refractivity contribution >= 4 is 45.3 Å². The minimum absolute atomic E-state index is 0.000785. The van der Waals surface area contributed by atoms with Crippen molar-refractivity contribution in [2.45, 2.75) is 18.9 Å². The Labute approximate surface area is 202 Å². The summed E-state index contributed by atoms with van der Waals surface area (Å²) < 4.78 is 1.53. The molecular formula is C23H18ClN9O2. The fraction of sp³-hybridized carbons (Fsp3) is 0.174. The number of nitrogen functional groups attached to an aromatic ring is 1. The van der Waals surface area contributed by atoms with Crippen LogP contribution in [0.3, 0.4) is 0 Å². The maximum atomic E-state index is 13.8. The van der Waals surface area contributed by atoms with Crippen molar-refractivity contribution in [3.63, 3.8) is 0 Å². The van der Waals surface area contributed by atoms with Crippen LogP contribution in [0.4, 0.5) is 11.8 Å². The van der Waals surface area contributed by atoms with Crippen molar-refractivity contribution in [1.29, 1.82) is 0 Å². The van der Waals surface area contributed by atoms with Gasteiger partial charge in [-0.05, 0) is 37.1 Å². The molecule has 5 aromatic rings. The molecule has 174 valence electrons. The molecule has 6 rings (SSSR count). The van der Waals surface area contributed by atoms with Gasteiger partial charge in [0.15, 0.2) is 5.65 Å². The molecule has 1 fully saturated rings. The normalized spacial score (nSPS) is 15.8. The average Bonchev–Trinajstić information content (AvgIpc) is 3.33. The maximum absolute atomic E-state index is 13.8. The number of nitrogens with two attached hydrogens (primary N) is 1. The van der Waals surface area contributed by atoms with E-state index in [0.717, 1.165) is 6.42 Å². The van der Waals surface area contributed by atoms with Crippen LogP contribution in [-0.2, 0) is 0 Å². The van der Waals surface area contributed by atoms with Gasteiger partial charge < -0.3 is 15.6 Å². The number of aromatic nitrogens is 7. The van der Waals surface area contributed by atoms with Crippen LogP contribution in [0.25, 0.3) is 27.6 Å². The number of hydrogen-bond acceptors (Lipinski definition) is 9. The van der Waals surface area contributed by atoms with E-state index in [4.69, 9.17) is 22.3 Å². The predicted octanol–water partition coefficient (Wildman–Crippen LogP) is 2.38. The smallest absolute Gasteiger partial charge is 0.267 e. The second kappa shape index (κ2) is 8.13. The third-order valence-electron chi connectivity index (χ3n) is 6.10. The molecule has 35 heavy (non-hydrogen) atoms. The summed E-state index contributed by atoms with van der Waals surface area (Å²) in [7, 11) is 0. The number of fused-ring (bicyclic) bond motifs is 2. The first kappa shape index (κ1) is 21.2. The van der Waals surface area contributed by atoms with Crippen LogP contribution in [0.1, 0.15) is 24.7 Å². The van der Waals surface area contributed by atoms with Crippen LogP contribution in [0.2, 0.25) is 5.02 Å². The molecule has 1 aliphatic heterocycles. The number of benzene rings is 1. The van der Waals surface area contributed by atoms with Crippen LogP contribution >= 0.6 is 11.6 Å². The van der Waals surface area contributed by atoms with Gasteiger partial charge in [-0.2, -0.15) is 9.97 Å². The van der Waals surface area contributed by atoms with Gasteiger partial charge in [-0.15, -0.1) is 0 Å². The van der Waals surface area contributed by atoms with Crippen LogP contribution < -0.4 is 21.8 Å². The quantitative estimate of drug-likeness (QED) is 0.391. The molecule has 0 saturated carbocycles. The van der Waals surface area contributed by atoms with Crippen molar-refractivity contribution < 1.29 is 0 Å². The number of pyridine rings is 1. The Morgan fingerprint density at radius 2 is 1.97 bits per heavy atom. The second-order valence-corrected chi connectivity index (χ2v) is 8.55. The Morgan fingerprint density at radius 1 is 1.09 bits per heavy atom. The van der Waals surface area contributed by atoms with Crippen molar-refractivity contribution in [3.05, 3.63) is 80.6 Å². The Kier molecular flexibility index (Phi) is 4.92. The van der Waals surface area contributed by atoms with Crippen LogP contribution in [0, 0.1) is 0 Å². The Morgan fingerprint density at radius 3 is 2.80 bits per heavy atom. The summed E-state index contributed by atoms with van der Waals surface area (Å²) in [5, 5.41) is 0.871. The molecule has 0 spiro atoms. The minimum atomic E-state index is -0.386. The topological polar surface area (TPSA) is 149 Å². The van der Waals surface area contributed by atoms with Gasteiger partial charge in [0.05, 0.1) is 40.2 Å². The number of hydrogen-bond donors (Lipinski definition) is 2. The predicted molar refractivity (Wildman–Crippen MR) is 132 cm³/mol. The second-order valence-electron chi connectivity index (χ2n) is 8.14. The summed E-state index contributed by atoms with van der Waals surface area (Å²) in [6.07, 6.45) is 5.96. The van der Waals surface area contributed by atoms with E-state index in [2.05, 4.69) is 24.9 Å². The molecule has 1 aliphatic rings. The van der Waals surface area contributed by atoms with Gasteiger partial charge in [0.25, 0.3) is 11.1 Å². The third-order valence-corrected chi connectivity index (χ3v) is 6.41. The van der Waals surface area contributed by atoms with E-state index < -0.39 is 0 Å². The molecule has 12 heteroatoms. The highest BCUT2D eigenvalue weighted by molar-refractivity contribution is 6.35. The van der Waals surface area contributed by atoms with Gasteiger partial charge in [-0.1, -0.05) is 17.7 Å². The van der Waals surface area contributed by atoms with Gasteiger partial charge in [-0.3, -0.25) is 19.1 Å². The first-order valence-electron chi connectivity index (χ1n) is 10.9. The number of nitrogens with zero attached hydrogens (tertiary/aromatic N) is 7. The molecule has 0 bridgehead atoms. The highest BCUT2D eigenvalue weighted by Gasteiger charge is 2.34. The van der Waals surface area contributed by atoms with Crippen molar-refractivity contribution in [1.82, 2.24) is 34.5 Å². The number of H-pyrrole nitrogens is 1. The van der Waals surface area contributed by atoms with E-state index in [1.54, 1.807) is 42.7 Å². The lowest BCUT2D eigenvalue weighted by Crippen LogP contribution is -2.33. The molecule has 3 N–H and O–H groups in total. The largest absolute Gasteiger partial charge is 0.368 e. The molecule has 0 unspecified atom stereocenters. The lowest BCUT2D eigenvalue weighted by molar-refractivity contribution is 0.634. The molecule has 1 atom stereocenters. The van der Waals surface area contributed by atoms with Crippen LogP contribution in [0.15, 0.2) is 58.6 Å². The fourth-order valence-electron chi connectivity index (χ4n) is 4.64. The Bertz CT molecular complexity index is 1720. The van der Waals surface area contributed by atoms with Crippen molar-refractivity contribution in [3.8, 4) is 5.69 Å². The molecule has 11 nitrogen and oxygen atoms in total. The number of nitrogens with one attached hydrogen (secondary N) is 1. The first-order chi connectivity index (χ1) is 17.0. The highest BCUT2D eigenvalue weighted by Crippen LogP contribution is 2.37. The molecule has 4 aromatic heterocycles. The van der Waals surface area contributed by atoms with E-state index in [1.165, 1.54) is 10.9 Å². The summed E-state index contributed by atoms with van der Waals surface area (Å²) >= 11 is 6.40. The summed E-state index contributed by atoms with van der Waals surface area (Å²) in [5.74, 6) is 0.836. The zero-order valence-electron chi connectivity index (χ0n) is 18.2. The maximum Gasteiger partial charge on any atom is 0.267 e. The van der Waals surface area contributed by atoms with Gasteiger partial charge in [-0.25, -0.2) is 9.97 Å². The molecular weight excluding hydrogens is 470 g/mol. The SMILES string of the molecule is Nc1nc(N2CCC[C@H]2c2nc3cccc(Cl)c3c(=O)n2-c2cccnc2)c2c(=O)[nH]cnc2n1. The van der Waals surface area contributed by atoms with E-state index in [-0.39, 0.29) is 34.1 Å². The van der Waals surface area contributed by atoms with Crippen LogP contribution in [-0.4, -0.2) is 41.0 Å². The molecule has 5 heterocycles. The first-order valence-corrected chi connectivity index (χ1v) is 11.3. The van der Waals surface area contributed by atoms with Gasteiger partial charge in [0, 0.05) is 12.7 Å². The molecule has 0 radical (unpaired) electrons. The summed E-state index contributed by atoms with van der Waals surface area (Å²) in [5.41, 5.74) is 6.52. The summed E-state index contributed by atoms with van der Waals surface area (Å²) in [6.45, 7) is 0.570. The summed E-state index contributed by atoms with van der Waals surface area (Å²) in [4.78, 5) is 52.8. The van der Waals surface area contributed by atoms with Gasteiger partial charge in [0.1, 0.15) is 17.0 Å². The number of aromatic amines is 1. The van der Waals surface area contributed by atoms with Crippen molar-refractivity contribution in [2.75, 3.05) is 17.2 Å². The molecule has 0 amide bonds. The lowest BCUT2D eigenvalue weighted by Gasteiger charge is -2.28. The number of anilines is 2. The summed E-state index contributed by atoms with van der Waals surface area (Å²) in [6, 6.07) is 8.32. The lowest BCUT2D eigenvalue weighted by atomic mass is 10.1. The zero-order chi connectivity index (χ0) is 24.1. The van der Waals surface area contributed by atoms with Crippen LogP contribution in [0.5, 0.6) is 0 Å². The standard InChI is InChI=1S/C23H18ClN9O2/c24-13-5-1-6-14-16(13)22(35)33(12-4-2-8-26-10-12)19(29-14)15-7-3-9-32(15)20-17-18(30-23(25)31-20)27-11-28-21(17)34/h1-2,4-6,8,10-11,15H,3,7,9H2,(H3,25,27,28,30,31,34)/t15-/m0/s1. The minimum Gasteiger partial charge on any atom is -0.368 e. The molecule has 1 saturated heterocycles. The van der Waals surface area contributed by atoms with Gasteiger partial charge >= 0.3 is 0 Å². The highest BCUT2D eigenvalue weighted by atomic mass is 35.5. The van der Waals surface area contributed by atoms with Gasteiger partial charge in [0.2, 0.25) is 5.95 Å². The van der Waals surface area contributed by atoms with Crippen molar-refractivity contribution in [2.24, 2.45) is 0 Å². The van der Waals surface area contributed by atoms with E-state index in [1.807, 2.05) is 4.90 Å². The van der Waals surface area contributed by atoms with E-state index in [9.17, 15) is 9.59 Å². The zero-order valence-corrected chi connectivity index (χ0v) is 19.0. The Balaban J connectivity index is 1.64. The van der Waals surface area contributed by atoms with E-state index >= 15 is 0 Å². The number of rotatable bonds is 3. The number of halogens is 1. The van der Waals surface area contributed by atoms with E-state index in [0.29, 0.717) is 46.2 Å².